The Balaban J connectivity index is -0.0000000427. The molecule has 0 bridgehead atoms. The van der Waals surface area contributed by atoms with Gasteiger partial charge in [0.2, 0.25) is 0 Å². The fraction of sp³-hybridized carbons (Fsp3) is 0.160. The zero-order valence-electron chi connectivity index (χ0n) is 19.1. The van der Waals surface area contributed by atoms with Gasteiger partial charge in [0, 0.05) is 32.0 Å². The Hall–Kier alpha value is -1.90. The van der Waals surface area contributed by atoms with Gasteiger partial charge in [0.25, 0.3) is 0 Å². The minimum atomic E-state index is 0. The monoisotopic (exact) mass is 583 g/mol. The molecule has 2 aromatic carbocycles. The van der Waals surface area contributed by atoms with Crippen LogP contribution in [0.3, 0.4) is 0 Å². The Bertz CT molecular complexity index is 485. The molecule has 0 aliphatic rings. The van der Waals surface area contributed by atoms with Crippen molar-refractivity contribution in [2.45, 2.75) is 13.8 Å². The average molecular weight is 583 g/mol. The molecule has 4 heteroatoms. The van der Waals surface area contributed by atoms with Gasteiger partial charge in [-0.25, -0.2) is 0 Å². The summed E-state index contributed by atoms with van der Waals surface area (Å²) in [4.78, 5) is 3.98. The molecule has 3 rings (SSSR count). The van der Waals surface area contributed by atoms with Crippen molar-refractivity contribution in [2.24, 2.45) is 0 Å². The molecule has 3 aromatic rings. The summed E-state index contributed by atoms with van der Waals surface area (Å²) >= 11 is 0. The van der Waals surface area contributed by atoms with Gasteiger partial charge in [-0.15, -0.1) is 0 Å². The number of nitrogens with zero attached hydrogens (tertiary/aromatic N) is 1. The zero-order valence-corrected chi connectivity index (χ0v) is 21.5. The summed E-state index contributed by atoms with van der Waals surface area (Å²) in [5, 5.41) is 0. The summed E-state index contributed by atoms with van der Waals surface area (Å²) < 4.78 is 19.0. The van der Waals surface area contributed by atoms with Crippen molar-refractivity contribution in [3.05, 3.63) is 132 Å². The molecule has 29 heavy (non-hydrogen) atoms. The van der Waals surface area contributed by atoms with E-state index in [2.05, 4.69) is 30.1 Å². The van der Waals surface area contributed by atoms with Crippen molar-refractivity contribution >= 4 is 0 Å². The number of hydrogen-bond acceptors (Lipinski definition) is 1. The maximum absolute atomic E-state index is 9.50. The Morgan fingerprint density at radius 1 is 0.621 bits per heavy atom. The third-order valence-electron chi connectivity index (χ3n) is 2.36. The average Bonchev–Trinajstić information content (AvgIpc) is 2.69. The minimum Gasteiger partial charge on any atom is -0.358 e. The van der Waals surface area contributed by atoms with Crippen molar-refractivity contribution in [2.75, 3.05) is 14.4 Å². The zero-order chi connectivity index (χ0) is 18.5. The Morgan fingerprint density at radius 2 is 1.03 bits per heavy atom. The van der Waals surface area contributed by atoms with Gasteiger partial charge in [-0.1, -0.05) is 42.0 Å². The van der Waals surface area contributed by atoms with Gasteiger partial charge in [-0.05, 0) is 26.0 Å². The van der Waals surface area contributed by atoms with Crippen molar-refractivity contribution in [3.63, 3.8) is 0 Å². The molecule has 1 nitrogen and oxygen atoms in total. The van der Waals surface area contributed by atoms with Crippen molar-refractivity contribution in [1.82, 2.24) is 4.98 Å². The van der Waals surface area contributed by atoms with Crippen LogP contribution < -0.4 is 0 Å². The van der Waals surface area contributed by atoms with Crippen LogP contribution in [0.25, 0.3) is 0 Å². The predicted octanol–water partition coefficient (Wildman–Crippen LogP) is 7.84. The summed E-state index contributed by atoms with van der Waals surface area (Å²) in [6.45, 7) is 4.06. The molecular weight excluding hydrogens is 544 g/mol. The number of alkyl halides is 2. The van der Waals surface area contributed by atoms with E-state index in [-0.39, 0.29) is 49.8 Å². The van der Waals surface area contributed by atoms with Gasteiger partial charge in [0.1, 0.15) is 0 Å². The Kier molecular flexibility index (Phi) is 64.1. The van der Waals surface area contributed by atoms with Crippen LogP contribution in [0, 0.1) is 49.6 Å². The number of aromatic nitrogens is 1. The maximum atomic E-state index is 9.50. The fourth-order valence-corrected chi connectivity index (χ4v) is 1.32. The molecule has 0 amide bonds. The van der Waals surface area contributed by atoms with E-state index >= 15 is 0 Å². The normalized spacial score (nSPS) is 6.28. The largest absolute Gasteiger partial charge is 0.358 e. The van der Waals surface area contributed by atoms with Gasteiger partial charge in [0.05, 0.1) is 14.4 Å². The van der Waals surface area contributed by atoms with Gasteiger partial charge >= 0.3 is 0 Å². The summed E-state index contributed by atoms with van der Waals surface area (Å²) in [6.07, 6.45) is 1.79. The summed E-state index contributed by atoms with van der Waals surface area (Å²) in [6, 6.07) is 28.6. The summed E-state index contributed by atoms with van der Waals surface area (Å²) in [5.74, 6) is 0. The number of benzene rings is 2. The molecule has 171 valence electrons. The molecule has 0 atom stereocenters. The fourth-order valence-electron chi connectivity index (χ4n) is 1.32. The number of halogens is 2. The van der Waals surface area contributed by atoms with E-state index in [1.807, 2.05) is 73.7 Å². The van der Waals surface area contributed by atoms with Gasteiger partial charge in [-0.3, -0.25) is 13.8 Å². The van der Waals surface area contributed by atoms with Crippen molar-refractivity contribution in [1.29, 1.82) is 0 Å². The molecule has 0 N–H and O–H groups in total. The number of aryl methyl sites for hydroxylation is 2. The molecule has 0 unspecified atom stereocenters. The molecule has 1 heterocycles. The first-order chi connectivity index (χ1) is 11.8. The van der Waals surface area contributed by atoms with Crippen LogP contribution in [-0.4, -0.2) is 19.3 Å². The first kappa shape index (κ1) is 45.7. The summed E-state index contributed by atoms with van der Waals surface area (Å²) in [7, 11) is 1.00. The van der Waals surface area contributed by atoms with Crippen molar-refractivity contribution in [3.8, 4) is 0 Å². The van der Waals surface area contributed by atoms with Crippen LogP contribution in [0.2, 0.25) is 0 Å². The van der Waals surface area contributed by atoms with Crippen molar-refractivity contribution < 1.29 is 28.9 Å². The molecule has 0 aliphatic carbocycles. The first-order valence-electron chi connectivity index (χ1n) is 7.35. The van der Waals surface area contributed by atoms with E-state index in [1.165, 1.54) is 5.56 Å². The van der Waals surface area contributed by atoms with Gasteiger partial charge in [0.15, 0.2) is 0 Å². The molecule has 0 aliphatic heterocycles. The maximum Gasteiger partial charge on any atom is 0.0785 e. The van der Waals surface area contributed by atoms with Crippen LogP contribution in [0.5, 0.6) is 0 Å². The molecule has 1 radical (unpaired) electrons. The quantitative estimate of drug-likeness (QED) is 0.246. The molecule has 1 aromatic heterocycles. The second-order valence-corrected chi connectivity index (χ2v) is 4.20. The predicted molar refractivity (Wildman–Crippen MR) is 125 cm³/mol. The number of rotatable bonds is 0. The third kappa shape index (κ3) is 37.5. The second kappa shape index (κ2) is 40.7. The smallest absolute Gasteiger partial charge is 0.0785 e. The standard InChI is InChI=1S/C7H8.C6H7N.C6H5.2CH3F.4CH3.Ir/c1-7-5-3-2-4-6-7;1-6-4-2-3-5-7-6;1-2-4-6-5-3-1;2*1-2;;;;;/h2-6H,1H3;2-5H,1H3;1-5H;2*1H3;4*1H3;/q;;-1;;;4*-1;. The van der Waals surface area contributed by atoms with Crippen LogP contribution in [0.4, 0.5) is 8.78 Å². The molecule has 0 saturated carbocycles. The van der Waals surface area contributed by atoms with Crippen LogP contribution >= 0.6 is 0 Å². The topological polar surface area (TPSA) is 12.9 Å². The number of hydrogen-bond donors (Lipinski definition) is 0. The first-order valence-corrected chi connectivity index (χ1v) is 7.35. The van der Waals surface area contributed by atoms with E-state index in [9.17, 15) is 8.78 Å². The minimum absolute atomic E-state index is 0. The second-order valence-electron chi connectivity index (χ2n) is 4.20. The van der Waals surface area contributed by atoms with E-state index in [0.29, 0.717) is 14.4 Å². The Labute approximate surface area is 194 Å². The van der Waals surface area contributed by atoms with Crippen LogP contribution in [0.15, 0.2) is 85.1 Å². The molecular formula is C25H38F2IrN-5. The SMILES string of the molecule is CF.CF.Cc1ccccc1.Cc1ccccn1.[CH3-].[CH3-].[CH3-].[CH3-].[Ir].[c-]1ccccc1. The van der Waals surface area contributed by atoms with Gasteiger partial charge < -0.3 is 29.7 Å². The van der Waals surface area contributed by atoms with Crippen LogP contribution in [0.1, 0.15) is 11.3 Å². The molecule has 0 spiro atoms. The summed E-state index contributed by atoms with van der Waals surface area (Å²) in [5.41, 5.74) is 2.39. The van der Waals surface area contributed by atoms with E-state index < -0.39 is 0 Å². The molecule has 0 saturated heterocycles. The third-order valence-corrected chi connectivity index (χ3v) is 2.36. The number of pyridine rings is 1. The van der Waals surface area contributed by atoms with E-state index in [1.54, 1.807) is 6.20 Å². The Morgan fingerprint density at radius 3 is 1.21 bits per heavy atom. The van der Waals surface area contributed by atoms with Gasteiger partial charge in [-0.2, -0.15) is 36.4 Å². The molecule has 0 fully saturated rings. The van der Waals surface area contributed by atoms with E-state index in [4.69, 9.17) is 0 Å². The van der Waals surface area contributed by atoms with E-state index in [0.717, 1.165) is 5.69 Å². The van der Waals surface area contributed by atoms with Crippen LogP contribution in [-0.2, 0) is 20.1 Å².